The van der Waals surface area contributed by atoms with Gasteiger partial charge in [0.15, 0.2) is 11.5 Å². The first kappa shape index (κ1) is 19.9. The number of hydrogen-bond acceptors (Lipinski definition) is 5. The van der Waals surface area contributed by atoms with Crippen LogP contribution in [0.15, 0.2) is 36.4 Å². The standard InChI is InChI=1S/C22H27NO5/c1-4-25-19-13-15(14-20(26-5-2)21(19)27-6-3)22(24)23-17-11-12-28-18-10-8-7-9-16(17)18/h7-10,13-14,17H,4-6,11-12H2,1-3H3,(H,23,24). The lowest BCUT2D eigenvalue weighted by Gasteiger charge is -2.27. The minimum Gasteiger partial charge on any atom is -0.493 e. The number of para-hydroxylation sites is 1. The first-order valence-electron chi connectivity index (χ1n) is 9.76. The molecule has 0 bridgehead atoms. The van der Waals surface area contributed by atoms with Crippen molar-refractivity contribution in [3.63, 3.8) is 0 Å². The van der Waals surface area contributed by atoms with E-state index >= 15 is 0 Å². The van der Waals surface area contributed by atoms with Gasteiger partial charge in [-0.2, -0.15) is 0 Å². The number of fused-ring (bicyclic) bond motifs is 1. The van der Waals surface area contributed by atoms with Gasteiger partial charge in [0, 0.05) is 17.5 Å². The van der Waals surface area contributed by atoms with Crippen LogP contribution in [0.4, 0.5) is 0 Å². The lowest BCUT2D eigenvalue weighted by atomic mass is 10.00. The van der Waals surface area contributed by atoms with Crippen LogP contribution in [0, 0.1) is 0 Å². The van der Waals surface area contributed by atoms with Crippen molar-refractivity contribution in [1.82, 2.24) is 5.32 Å². The Hall–Kier alpha value is -2.89. The maximum Gasteiger partial charge on any atom is 0.252 e. The third-order valence-corrected chi connectivity index (χ3v) is 4.44. The van der Waals surface area contributed by atoms with Crippen molar-refractivity contribution in [3.05, 3.63) is 47.5 Å². The average Bonchev–Trinajstić information content (AvgIpc) is 2.71. The molecule has 0 aliphatic carbocycles. The van der Waals surface area contributed by atoms with Crippen molar-refractivity contribution in [1.29, 1.82) is 0 Å². The molecule has 1 amide bonds. The van der Waals surface area contributed by atoms with Crippen LogP contribution < -0.4 is 24.3 Å². The topological polar surface area (TPSA) is 66.0 Å². The van der Waals surface area contributed by atoms with Gasteiger partial charge in [-0.1, -0.05) is 18.2 Å². The van der Waals surface area contributed by atoms with Gasteiger partial charge < -0.3 is 24.3 Å². The molecule has 1 N–H and O–H groups in total. The number of rotatable bonds is 8. The summed E-state index contributed by atoms with van der Waals surface area (Å²) in [5, 5.41) is 3.11. The van der Waals surface area contributed by atoms with Crippen LogP contribution in [0.3, 0.4) is 0 Å². The van der Waals surface area contributed by atoms with Gasteiger partial charge >= 0.3 is 0 Å². The van der Waals surface area contributed by atoms with E-state index in [0.29, 0.717) is 49.2 Å². The number of hydrogen-bond donors (Lipinski definition) is 1. The first-order valence-corrected chi connectivity index (χ1v) is 9.76. The Morgan fingerprint density at radius 2 is 1.68 bits per heavy atom. The predicted octanol–water partition coefficient (Wildman–Crippen LogP) is 4.14. The van der Waals surface area contributed by atoms with Crippen LogP contribution in [0.25, 0.3) is 0 Å². The highest BCUT2D eigenvalue weighted by atomic mass is 16.5. The fourth-order valence-electron chi connectivity index (χ4n) is 3.25. The highest BCUT2D eigenvalue weighted by Gasteiger charge is 2.25. The number of amides is 1. The van der Waals surface area contributed by atoms with Crippen LogP contribution in [-0.4, -0.2) is 32.3 Å². The van der Waals surface area contributed by atoms with E-state index in [1.807, 2.05) is 45.0 Å². The van der Waals surface area contributed by atoms with Crippen molar-refractivity contribution in [3.8, 4) is 23.0 Å². The molecule has 0 fully saturated rings. The SMILES string of the molecule is CCOc1cc(C(=O)NC2CCOc3ccccc32)cc(OCC)c1OCC. The van der Waals surface area contributed by atoms with Crippen molar-refractivity contribution in [2.75, 3.05) is 26.4 Å². The quantitative estimate of drug-likeness (QED) is 0.740. The van der Waals surface area contributed by atoms with Gasteiger partial charge in [0.05, 0.1) is 32.5 Å². The molecule has 0 aromatic heterocycles. The van der Waals surface area contributed by atoms with Crippen molar-refractivity contribution >= 4 is 5.91 Å². The molecule has 2 aromatic rings. The van der Waals surface area contributed by atoms with Gasteiger partial charge in [-0.05, 0) is 39.0 Å². The van der Waals surface area contributed by atoms with E-state index in [1.165, 1.54) is 0 Å². The largest absolute Gasteiger partial charge is 0.493 e. The molecule has 1 heterocycles. The molecule has 6 heteroatoms. The molecule has 0 saturated carbocycles. The Kier molecular flexibility index (Phi) is 6.63. The van der Waals surface area contributed by atoms with Crippen molar-refractivity contribution < 1.29 is 23.7 Å². The number of benzene rings is 2. The Bertz CT molecular complexity index is 793. The molecule has 3 rings (SSSR count). The lowest BCUT2D eigenvalue weighted by Crippen LogP contribution is -2.32. The second-order valence-electron chi connectivity index (χ2n) is 6.30. The summed E-state index contributed by atoms with van der Waals surface area (Å²) >= 11 is 0. The van der Waals surface area contributed by atoms with Gasteiger partial charge in [0.1, 0.15) is 5.75 Å². The summed E-state index contributed by atoms with van der Waals surface area (Å²) in [5.41, 5.74) is 1.46. The molecule has 1 atom stereocenters. The third-order valence-electron chi connectivity index (χ3n) is 4.44. The number of ether oxygens (including phenoxy) is 4. The first-order chi connectivity index (χ1) is 13.7. The van der Waals surface area contributed by atoms with E-state index in [9.17, 15) is 4.79 Å². The molecule has 1 aliphatic rings. The smallest absolute Gasteiger partial charge is 0.252 e. The van der Waals surface area contributed by atoms with Gasteiger partial charge in [-0.25, -0.2) is 0 Å². The molecule has 150 valence electrons. The Morgan fingerprint density at radius 1 is 1.04 bits per heavy atom. The van der Waals surface area contributed by atoms with Gasteiger partial charge in [0.2, 0.25) is 5.75 Å². The van der Waals surface area contributed by atoms with E-state index in [-0.39, 0.29) is 11.9 Å². The van der Waals surface area contributed by atoms with Crippen LogP contribution >= 0.6 is 0 Å². The number of carbonyl (C=O) groups excluding carboxylic acids is 1. The molecule has 1 unspecified atom stereocenters. The molecular weight excluding hydrogens is 358 g/mol. The van der Waals surface area contributed by atoms with E-state index < -0.39 is 0 Å². The van der Waals surface area contributed by atoms with Crippen molar-refractivity contribution in [2.45, 2.75) is 33.2 Å². The fourth-order valence-corrected chi connectivity index (χ4v) is 3.25. The molecule has 28 heavy (non-hydrogen) atoms. The van der Waals surface area contributed by atoms with E-state index in [1.54, 1.807) is 12.1 Å². The summed E-state index contributed by atoms with van der Waals surface area (Å²) in [4.78, 5) is 13.0. The highest BCUT2D eigenvalue weighted by molar-refractivity contribution is 5.96. The number of nitrogens with one attached hydrogen (secondary N) is 1. The Labute approximate surface area is 165 Å². The molecule has 6 nitrogen and oxygen atoms in total. The fraction of sp³-hybridized carbons (Fsp3) is 0.409. The van der Waals surface area contributed by atoms with E-state index in [4.69, 9.17) is 18.9 Å². The maximum absolute atomic E-state index is 13.0. The molecule has 0 spiro atoms. The summed E-state index contributed by atoms with van der Waals surface area (Å²) in [7, 11) is 0. The minimum absolute atomic E-state index is 0.102. The summed E-state index contributed by atoms with van der Waals surface area (Å²) in [5.74, 6) is 2.17. The number of carbonyl (C=O) groups is 1. The van der Waals surface area contributed by atoms with Gasteiger partial charge in [0.25, 0.3) is 5.91 Å². The monoisotopic (exact) mass is 385 g/mol. The Balaban J connectivity index is 1.89. The van der Waals surface area contributed by atoms with E-state index in [0.717, 1.165) is 17.7 Å². The average molecular weight is 385 g/mol. The van der Waals surface area contributed by atoms with Crippen LogP contribution in [-0.2, 0) is 0 Å². The zero-order valence-corrected chi connectivity index (χ0v) is 16.6. The summed E-state index contributed by atoms with van der Waals surface area (Å²) in [6, 6.07) is 11.1. The van der Waals surface area contributed by atoms with E-state index in [2.05, 4.69) is 5.32 Å². The highest BCUT2D eigenvalue weighted by Crippen LogP contribution is 2.39. The molecule has 0 saturated heterocycles. The second-order valence-corrected chi connectivity index (χ2v) is 6.30. The summed E-state index contributed by atoms with van der Waals surface area (Å²) in [6.45, 7) is 7.65. The maximum atomic E-state index is 13.0. The molecular formula is C22H27NO5. The zero-order chi connectivity index (χ0) is 19.9. The Morgan fingerprint density at radius 3 is 2.32 bits per heavy atom. The zero-order valence-electron chi connectivity index (χ0n) is 16.6. The van der Waals surface area contributed by atoms with Crippen LogP contribution in [0.1, 0.15) is 49.2 Å². The lowest BCUT2D eigenvalue weighted by molar-refractivity contribution is 0.0923. The summed E-state index contributed by atoms with van der Waals surface area (Å²) in [6.07, 6.45) is 0.719. The molecule has 1 aliphatic heterocycles. The molecule has 0 radical (unpaired) electrons. The van der Waals surface area contributed by atoms with Crippen LogP contribution in [0.5, 0.6) is 23.0 Å². The van der Waals surface area contributed by atoms with Crippen LogP contribution in [0.2, 0.25) is 0 Å². The predicted molar refractivity (Wildman–Crippen MR) is 107 cm³/mol. The normalized spacial score (nSPS) is 15.2. The third kappa shape index (κ3) is 4.32. The summed E-state index contributed by atoms with van der Waals surface area (Å²) < 4.78 is 22.8. The second kappa shape index (κ2) is 9.35. The van der Waals surface area contributed by atoms with Gasteiger partial charge in [-0.3, -0.25) is 4.79 Å². The molecule has 2 aromatic carbocycles. The minimum atomic E-state index is -0.188. The van der Waals surface area contributed by atoms with Crippen molar-refractivity contribution in [2.24, 2.45) is 0 Å². The van der Waals surface area contributed by atoms with Gasteiger partial charge in [-0.15, -0.1) is 0 Å².